The van der Waals surface area contributed by atoms with Gasteiger partial charge in [-0.3, -0.25) is 4.79 Å². The summed E-state index contributed by atoms with van der Waals surface area (Å²) in [6, 6.07) is 0. The third-order valence-corrected chi connectivity index (χ3v) is 4.76. The van der Waals surface area contributed by atoms with E-state index in [1.54, 1.807) is 14.0 Å². The molecule has 2 N–H and O–H groups in total. The molecule has 0 bridgehead atoms. The summed E-state index contributed by atoms with van der Waals surface area (Å²) in [5.41, 5.74) is -0.776. The molecule has 0 fully saturated rings. The molecule has 0 aliphatic heterocycles. The fourth-order valence-corrected chi connectivity index (χ4v) is 2.29. The van der Waals surface area contributed by atoms with E-state index in [4.69, 9.17) is 5.11 Å². The molecule has 0 heterocycles. The Kier molecular flexibility index (Phi) is 7.07. The van der Waals surface area contributed by atoms with Crippen molar-refractivity contribution in [2.24, 2.45) is 5.92 Å². The largest absolute Gasteiger partial charge is 0.480 e. The number of carboxylic acids is 1. The Labute approximate surface area is 103 Å². The van der Waals surface area contributed by atoms with E-state index in [9.17, 15) is 4.79 Å². The van der Waals surface area contributed by atoms with Crippen LogP contribution in [0.25, 0.3) is 0 Å². The van der Waals surface area contributed by atoms with Crippen molar-refractivity contribution in [2.45, 2.75) is 51.3 Å². The summed E-state index contributed by atoms with van der Waals surface area (Å²) in [5.74, 6) is 0.946. The van der Waals surface area contributed by atoms with Gasteiger partial charge >= 0.3 is 5.97 Å². The van der Waals surface area contributed by atoms with Crippen LogP contribution in [-0.4, -0.2) is 34.7 Å². The Bertz CT molecular complexity index is 221. The summed E-state index contributed by atoms with van der Waals surface area (Å²) in [5, 5.41) is 12.6. The van der Waals surface area contributed by atoms with E-state index in [0.29, 0.717) is 17.6 Å². The van der Waals surface area contributed by atoms with Gasteiger partial charge in [0, 0.05) is 5.25 Å². The first-order valence-electron chi connectivity index (χ1n) is 5.87. The number of carbonyl (C=O) groups is 1. The summed E-state index contributed by atoms with van der Waals surface area (Å²) in [6.07, 6.45) is 1.61. The van der Waals surface area contributed by atoms with Crippen LogP contribution in [0.3, 0.4) is 0 Å². The first-order valence-corrected chi connectivity index (χ1v) is 6.92. The zero-order valence-corrected chi connectivity index (χ0v) is 11.9. The molecule has 96 valence electrons. The van der Waals surface area contributed by atoms with Gasteiger partial charge in [-0.15, -0.1) is 0 Å². The molecule has 3 nitrogen and oxygen atoms in total. The van der Waals surface area contributed by atoms with Gasteiger partial charge in [-0.05, 0) is 38.5 Å². The molecule has 0 aliphatic rings. The van der Waals surface area contributed by atoms with Gasteiger partial charge in [0.2, 0.25) is 0 Å². The Hall–Kier alpha value is -0.220. The molecule has 0 saturated carbocycles. The minimum absolute atomic E-state index is 0.644. The van der Waals surface area contributed by atoms with Crippen LogP contribution >= 0.6 is 11.8 Å². The highest BCUT2D eigenvalue weighted by Gasteiger charge is 2.30. The van der Waals surface area contributed by atoms with Crippen molar-refractivity contribution >= 4 is 17.7 Å². The van der Waals surface area contributed by atoms with E-state index < -0.39 is 11.5 Å². The zero-order chi connectivity index (χ0) is 12.8. The van der Waals surface area contributed by atoms with Crippen molar-refractivity contribution < 1.29 is 9.90 Å². The number of thioether (sulfide) groups is 1. The van der Waals surface area contributed by atoms with Crippen molar-refractivity contribution in [1.82, 2.24) is 5.32 Å². The van der Waals surface area contributed by atoms with Crippen LogP contribution in [0.1, 0.15) is 40.5 Å². The molecule has 0 amide bonds. The predicted molar refractivity (Wildman–Crippen MR) is 71.1 cm³/mol. The third kappa shape index (κ3) is 5.21. The fraction of sp³-hybridized carbons (Fsp3) is 0.917. The normalized spacial score (nSPS) is 17.1. The molecule has 0 aromatic carbocycles. The molecule has 0 rings (SSSR count). The maximum atomic E-state index is 11.0. The molecular formula is C12H25NO2S. The number of carboxylic acid groups (broad SMARTS) is 1. The summed E-state index contributed by atoms with van der Waals surface area (Å²) in [6.45, 7) is 8.40. The van der Waals surface area contributed by atoms with Crippen molar-refractivity contribution in [3.8, 4) is 0 Å². The Morgan fingerprint density at radius 2 is 2.00 bits per heavy atom. The predicted octanol–water partition coefficient (Wildman–Crippen LogP) is 2.61. The van der Waals surface area contributed by atoms with Crippen LogP contribution in [0, 0.1) is 5.92 Å². The van der Waals surface area contributed by atoms with E-state index in [0.717, 1.165) is 12.2 Å². The van der Waals surface area contributed by atoms with Crippen LogP contribution in [0.2, 0.25) is 0 Å². The number of aliphatic carboxylic acids is 1. The number of rotatable bonds is 8. The lowest BCUT2D eigenvalue weighted by Gasteiger charge is -2.24. The summed E-state index contributed by atoms with van der Waals surface area (Å²) >= 11 is 1.93. The van der Waals surface area contributed by atoms with Crippen LogP contribution in [0.5, 0.6) is 0 Å². The van der Waals surface area contributed by atoms with Crippen LogP contribution in [0.4, 0.5) is 0 Å². The van der Waals surface area contributed by atoms with Gasteiger partial charge in [0.15, 0.2) is 0 Å². The van der Waals surface area contributed by atoms with Gasteiger partial charge < -0.3 is 10.4 Å². The second-order valence-electron chi connectivity index (χ2n) is 4.81. The van der Waals surface area contributed by atoms with Gasteiger partial charge in [0.05, 0.1) is 0 Å². The molecule has 16 heavy (non-hydrogen) atoms. The summed E-state index contributed by atoms with van der Waals surface area (Å²) < 4.78 is 0. The second-order valence-corrected chi connectivity index (χ2v) is 6.30. The molecule has 4 heteroatoms. The average Bonchev–Trinajstić information content (AvgIpc) is 2.23. The zero-order valence-electron chi connectivity index (χ0n) is 11.0. The first kappa shape index (κ1) is 15.8. The molecular weight excluding hydrogens is 222 g/mol. The number of nitrogens with one attached hydrogen (secondary N) is 1. The van der Waals surface area contributed by atoms with Gasteiger partial charge in [0.25, 0.3) is 0 Å². The van der Waals surface area contributed by atoms with Crippen LogP contribution in [0.15, 0.2) is 0 Å². The van der Waals surface area contributed by atoms with Crippen molar-refractivity contribution in [1.29, 1.82) is 0 Å². The highest BCUT2D eigenvalue weighted by molar-refractivity contribution is 7.99. The minimum atomic E-state index is -0.776. The van der Waals surface area contributed by atoms with Gasteiger partial charge in [0.1, 0.15) is 5.54 Å². The van der Waals surface area contributed by atoms with Gasteiger partial charge in [-0.2, -0.15) is 11.8 Å². The monoisotopic (exact) mass is 247 g/mol. The summed E-state index contributed by atoms with van der Waals surface area (Å²) in [7, 11) is 1.71. The molecule has 0 aromatic heterocycles. The molecule has 2 unspecified atom stereocenters. The highest BCUT2D eigenvalue weighted by atomic mass is 32.2. The standard InChI is InChI=1S/C12H25NO2S/c1-9(2)10(3)16-8-6-7-12(4,13-5)11(14)15/h9-10,13H,6-8H2,1-5H3,(H,14,15). The van der Waals surface area contributed by atoms with Crippen molar-refractivity contribution in [3.63, 3.8) is 0 Å². The number of likely N-dealkylation sites (N-methyl/N-ethyl adjacent to an activating group) is 1. The van der Waals surface area contributed by atoms with E-state index >= 15 is 0 Å². The summed E-state index contributed by atoms with van der Waals surface area (Å²) in [4.78, 5) is 11.0. The fourth-order valence-electron chi connectivity index (χ4n) is 1.23. The topological polar surface area (TPSA) is 49.3 Å². The van der Waals surface area contributed by atoms with E-state index in [1.165, 1.54) is 0 Å². The highest BCUT2D eigenvalue weighted by Crippen LogP contribution is 2.21. The quantitative estimate of drug-likeness (QED) is 0.647. The smallest absolute Gasteiger partial charge is 0.323 e. The molecule has 0 aliphatic carbocycles. The minimum Gasteiger partial charge on any atom is -0.480 e. The number of hydrogen-bond donors (Lipinski definition) is 2. The molecule has 0 saturated heterocycles. The van der Waals surface area contributed by atoms with E-state index in [1.807, 2.05) is 11.8 Å². The van der Waals surface area contributed by atoms with Crippen molar-refractivity contribution in [2.75, 3.05) is 12.8 Å². The Morgan fingerprint density at radius 3 is 2.38 bits per heavy atom. The molecule has 0 spiro atoms. The van der Waals surface area contributed by atoms with Gasteiger partial charge in [-0.25, -0.2) is 0 Å². The lowest BCUT2D eigenvalue weighted by molar-refractivity contribution is -0.144. The third-order valence-electron chi connectivity index (χ3n) is 3.16. The first-order chi connectivity index (χ1) is 7.33. The second kappa shape index (κ2) is 7.17. The Balaban J connectivity index is 3.85. The Morgan fingerprint density at radius 1 is 1.44 bits per heavy atom. The maximum absolute atomic E-state index is 11.0. The van der Waals surface area contributed by atoms with Crippen LogP contribution in [-0.2, 0) is 4.79 Å². The molecule has 2 atom stereocenters. The van der Waals surface area contributed by atoms with Crippen LogP contribution < -0.4 is 5.32 Å². The molecule has 0 radical (unpaired) electrons. The van der Waals surface area contributed by atoms with Gasteiger partial charge in [-0.1, -0.05) is 20.8 Å². The average molecular weight is 247 g/mol. The molecule has 0 aromatic rings. The van der Waals surface area contributed by atoms with E-state index in [-0.39, 0.29) is 0 Å². The lowest BCUT2D eigenvalue weighted by Crippen LogP contribution is -2.47. The maximum Gasteiger partial charge on any atom is 0.323 e. The lowest BCUT2D eigenvalue weighted by atomic mass is 9.97. The SMILES string of the molecule is CNC(C)(CCCSC(C)C(C)C)C(=O)O. The van der Waals surface area contributed by atoms with E-state index in [2.05, 4.69) is 26.1 Å². The number of hydrogen-bond acceptors (Lipinski definition) is 3. The van der Waals surface area contributed by atoms with Crippen molar-refractivity contribution in [3.05, 3.63) is 0 Å².